The molecule has 0 radical (unpaired) electrons. The third-order valence-corrected chi connectivity index (χ3v) is 5.11. The van der Waals surface area contributed by atoms with Gasteiger partial charge < -0.3 is 10.1 Å². The molecular formula is C12H25NO2S. The molecular weight excluding hydrogens is 222 g/mol. The normalized spacial score (nSPS) is 26.6. The van der Waals surface area contributed by atoms with Gasteiger partial charge in [0.15, 0.2) is 0 Å². The first-order valence-electron chi connectivity index (χ1n) is 6.27. The van der Waals surface area contributed by atoms with Crippen molar-refractivity contribution in [2.75, 3.05) is 31.8 Å². The van der Waals surface area contributed by atoms with Crippen LogP contribution in [-0.4, -0.2) is 42.0 Å². The maximum atomic E-state index is 12.0. The second-order valence-corrected chi connectivity index (χ2v) is 6.35. The van der Waals surface area contributed by atoms with E-state index in [-0.39, 0.29) is 0 Å². The number of hydrogen-bond acceptors (Lipinski definition) is 3. The zero-order valence-electron chi connectivity index (χ0n) is 10.7. The van der Waals surface area contributed by atoms with Gasteiger partial charge in [0, 0.05) is 40.9 Å². The van der Waals surface area contributed by atoms with E-state index in [2.05, 4.69) is 19.2 Å². The van der Waals surface area contributed by atoms with E-state index in [4.69, 9.17) is 4.74 Å². The van der Waals surface area contributed by atoms with Gasteiger partial charge in [-0.1, -0.05) is 20.3 Å². The summed E-state index contributed by atoms with van der Waals surface area (Å²) >= 11 is 0. The van der Waals surface area contributed by atoms with Crippen molar-refractivity contribution in [3.63, 3.8) is 0 Å². The summed E-state index contributed by atoms with van der Waals surface area (Å²) in [7, 11) is 1.27. The van der Waals surface area contributed by atoms with Crippen LogP contribution in [0.15, 0.2) is 0 Å². The van der Waals surface area contributed by atoms with Crippen molar-refractivity contribution in [3.05, 3.63) is 0 Å². The molecule has 4 heteroatoms. The van der Waals surface area contributed by atoms with Crippen LogP contribution in [-0.2, 0) is 15.5 Å². The fraction of sp³-hybridized carbons (Fsp3) is 1.00. The maximum absolute atomic E-state index is 12.0. The lowest BCUT2D eigenvalue weighted by Gasteiger charge is -2.22. The second kappa shape index (κ2) is 7.41. The van der Waals surface area contributed by atoms with Crippen LogP contribution in [0.5, 0.6) is 0 Å². The lowest BCUT2D eigenvalue weighted by Crippen LogP contribution is -2.39. The minimum atomic E-state index is -0.694. The highest BCUT2D eigenvalue weighted by molar-refractivity contribution is 7.85. The van der Waals surface area contributed by atoms with Gasteiger partial charge in [0.2, 0.25) is 0 Å². The van der Waals surface area contributed by atoms with E-state index < -0.39 is 10.8 Å². The Kier molecular flexibility index (Phi) is 6.54. The van der Waals surface area contributed by atoms with Gasteiger partial charge in [0.1, 0.15) is 0 Å². The third-order valence-electron chi connectivity index (χ3n) is 3.44. The number of rotatable bonds is 7. The first-order chi connectivity index (χ1) is 7.67. The molecule has 1 aliphatic rings. The third kappa shape index (κ3) is 4.52. The Morgan fingerprint density at radius 3 is 2.75 bits per heavy atom. The van der Waals surface area contributed by atoms with Crippen molar-refractivity contribution in [3.8, 4) is 0 Å². The number of nitrogens with one attached hydrogen (secondary N) is 1. The summed E-state index contributed by atoms with van der Waals surface area (Å²) in [6.45, 7) is 6.01. The van der Waals surface area contributed by atoms with Gasteiger partial charge in [-0.15, -0.1) is 0 Å². The Labute approximate surface area is 102 Å². The lowest BCUT2D eigenvalue weighted by atomic mass is 10.0. The molecule has 4 unspecified atom stereocenters. The molecule has 1 aliphatic heterocycles. The van der Waals surface area contributed by atoms with Crippen LogP contribution >= 0.6 is 0 Å². The molecule has 3 nitrogen and oxygen atoms in total. The second-order valence-electron chi connectivity index (χ2n) is 4.81. The van der Waals surface area contributed by atoms with Crippen LogP contribution in [0.3, 0.4) is 0 Å². The van der Waals surface area contributed by atoms with E-state index in [0.29, 0.717) is 17.9 Å². The fourth-order valence-electron chi connectivity index (χ4n) is 2.03. The van der Waals surface area contributed by atoms with Gasteiger partial charge >= 0.3 is 0 Å². The van der Waals surface area contributed by atoms with E-state index in [1.165, 1.54) is 0 Å². The Bertz CT molecular complexity index is 217. The average molecular weight is 247 g/mol. The molecule has 0 aromatic rings. The minimum absolute atomic E-state index is 0.354. The average Bonchev–Trinajstić information content (AvgIpc) is 2.79. The van der Waals surface area contributed by atoms with Gasteiger partial charge in [0.25, 0.3) is 0 Å². The van der Waals surface area contributed by atoms with Crippen molar-refractivity contribution in [1.29, 1.82) is 0 Å². The van der Waals surface area contributed by atoms with Crippen molar-refractivity contribution in [1.82, 2.24) is 5.32 Å². The molecule has 0 amide bonds. The van der Waals surface area contributed by atoms with E-state index in [1.54, 1.807) is 0 Å². The molecule has 4 atom stereocenters. The predicted molar refractivity (Wildman–Crippen MR) is 69.1 cm³/mol. The molecule has 96 valence electrons. The molecule has 1 heterocycles. The predicted octanol–water partition coefficient (Wildman–Crippen LogP) is 1.41. The Hall–Kier alpha value is 0.0700. The van der Waals surface area contributed by atoms with Gasteiger partial charge in [-0.25, -0.2) is 0 Å². The van der Waals surface area contributed by atoms with E-state index in [9.17, 15) is 4.21 Å². The molecule has 1 N–H and O–H groups in total. The number of ether oxygens (including phenoxy) is 1. The smallest absolute Gasteiger partial charge is 0.0510 e. The van der Waals surface area contributed by atoms with Crippen molar-refractivity contribution >= 4 is 10.8 Å². The zero-order valence-corrected chi connectivity index (χ0v) is 11.5. The van der Waals surface area contributed by atoms with Gasteiger partial charge in [0.05, 0.1) is 6.61 Å². The molecule has 0 bridgehead atoms. The minimum Gasteiger partial charge on any atom is -0.381 e. The highest BCUT2D eigenvalue weighted by Crippen LogP contribution is 2.18. The summed E-state index contributed by atoms with van der Waals surface area (Å²) in [5, 5.41) is 3.29. The largest absolute Gasteiger partial charge is 0.381 e. The zero-order chi connectivity index (χ0) is 12.0. The van der Waals surface area contributed by atoms with Crippen molar-refractivity contribution in [2.24, 2.45) is 11.8 Å². The monoisotopic (exact) mass is 247 g/mol. The van der Waals surface area contributed by atoms with Gasteiger partial charge in [-0.3, -0.25) is 4.21 Å². The summed E-state index contributed by atoms with van der Waals surface area (Å²) in [6.07, 6.45) is 2.22. The van der Waals surface area contributed by atoms with Gasteiger partial charge in [-0.05, 0) is 19.4 Å². The maximum Gasteiger partial charge on any atom is 0.0510 e. The van der Waals surface area contributed by atoms with Crippen molar-refractivity contribution < 1.29 is 8.95 Å². The quantitative estimate of drug-likeness (QED) is 0.739. The van der Waals surface area contributed by atoms with E-state index in [0.717, 1.165) is 37.6 Å². The topological polar surface area (TPSA) is 38.3 Å². The highest BCUT2D eigenvalue weighted by Gasteiger charge is 2.26. The Morgan fingerprint density at radius 2 is 2.25 bits per heavy atom. The first kappa shape index (κ1) is 14.1. The van der Waals surface area contributed by atoms with Crippen molar-refractivity contribution in [2.45, 2.75) is 32.7 Å². The molecule has 1 saturated heterocycles. The Balaban J connectivity index is 2.34. The SMILES string of the molecule is CCC(C)CS(=O)CC(NC)C1CCOC1. The summed E-state index contributed by atoms with van der Waals surface area (Å²) < 4.78 is 17.4. The summed E-state index contributed by atoms with van der Waals surface area (Å²) in [5.41, 5.74) is 0. The molecule has 0 aromatic carbocycles. The van der Waals surface area contributed by atoms with Crippen LogP contribution in [0.4, 0.5) is 0 Å². The van der Waals surface area contributed by atoms with Gasteiger partial charge in [-0.2, -0.15) is 0 Å². The van der Waals surface area contributed by atoms with Crippen LogP contribution in [0.25, 0.3) is 0 Å². The standard InChI is InChI=1S/C12H25NO2S/c1-4-10(2)8-16(14)9-12(13-3)11-5-6-15-7-11/h10-13H,4-9H2,1-3H3. The van der Waals surface area contributed by atoms with Crippen LogP contribution < -0.4 is 5.32 Å². The van der Waals surface area contributed by atoms with Crippen LogP contribution in [0.2, 0.25) is 0 Å². The van der Waals surface area contributed by atoms with E-state index in [1.807, 2.05) is 7.05 Å². The first-order valence-corrected chi connectivity index (χ1v) is 7.76. The number of hydrogen-bond donors (Lipinski definition) is 1. The Morgan fingerprint density at radius 1 is 1.50 bits per heavy atom. The van der Waals surface area contributed by atoms with Crippen LogP contribution in [0, 0.1) is 11.8 Å². The molecule has 1 fully saturated rings. The molecule has 0 spiro atoms. The summed E-state index contributed by atoms with van der Waals surface area (Å²) in [5.74, 6) is 2.72. The lowest BCUT2D eigenvalue weighted by molar-refractivity contribution is 0.179. The fourth-order valence-corrected chi connectivity index (χ4v) is 3.87. The molecule has 0 aromatic heterocycles. The summed E-state index contributed by atoms with van der Waals surface area (Å²) in [6, 6.07) is 0.354. The summed E-state index contributed by atoms with van der Waals surface area (Å²) in [4.78, 5) is 0. The molecule has 16 heavy (non-hydrogen) atoms. The molecule has 0 saturated carbocycles. The highest BCUT2D eigenvalue weighted by atomic mass is 32.2. The van der Waals surface area contributed by atoms with Crippen LogP contribution in [0.1, 0.15) is 26.7 Å². The molecule has 0 aliphatic carbocycles. The van der Waals surface area contributed by atoms with E-state index >= 15 is 0 Å². The molecule has 1 rings (SSSR count).